The maximum atomic E-state index is 12.7. The minimum absolute atomic E-state index is 0.159. The van der Waals surface area contributed by atoms with Crippen molar-refractivity contribution in [2.24, 2.45) is 11.7 Å². The fourth-order valence-corrected chi connectivity index (χ4v) is 2.78. The zero-order valence-electron chi connectivity index (χ0n) is 12.1. The quantitative estimate of drug-likeness (QED) is 0.888. The lowest BCUT2D eigenvalue weighted by Gasteiger charge is -2.38. The molecule has 1 saturated heterocycles. The zero-order chi connectivity index (χ0) is 14.0. The highest BCUT2D eigenvalue weighted by atomic mass is 16.2. The van der Waals surface area contributed by atoms with Crippen LogP contribution in [0, 0.1) is 19.8 Å². The number of benzene rings is 1. The molecular formula is C16H24N2O. The highest BCUT2D eigenvalue weighted by Gasteiger charge is 2.29. The number of likely N-dealkylation sites (tertiary alicyclic amines) is 1. The average Bonchev–Trinajstić information content (AvgIpc) is 2.41. The third-order valence-corrected chi connectivity index (χ3v) is 4.20. The maximum absolute atomic E-state index is 12.7. The Morgan fingerprint density at radius 1 is 1.37 bits per heavy atom. The first-order chi connectivity index (χ1) is 9.02. The van der Waals surface area contributed by atoms with Crippen LogP contribution in [0.15, 0.2) is 18.2 Å². The van der Waals surface area contributed by atoms with E-state index in [-0.39, 0.29) is 5.91 Å². The van der Waals surface area contributed by atoms with Gasteiger partial charge in [0.25, 0.3) is 5.91 Å². The Morgan fingerprint density at radius 3 is 2.79 bits per heavy atom. The molecule has 2 atom stereocenters. The summed E-state index contributed by atoms with van der Waals surface area (Å²) in [5.74, 6) is 0.608. The van der Waals surface area contributed by atoms with E-state index in [9.17, 15) is 4.79 Å². The van der Waals surface area contributed by atoms with Crippen molar-refractivity contribution in [3.05, 3.63) is 34.9 Å². The first-order valence-electron chi connectivity index (χ1n) is 7.11. The zero-order valence-corrected chi connectivity index (χ0v) is 12.1. The van der Waals surface area contributed by atoms with Crippen LogP contribution in [0.3, 0.4) is 0 Å². The number of rotatable bonds is 2. The summed E-state index contributed by atoms with van der Waals surface area (Å²) in [7, 11) is 0. The van der Waals surface area contributed by atoms with E-state index in [1.807, 2.05) is 30.9 Å². The van der Waals surface area contributed by atoms with Gasteiger partial charge in [-0.25, -0.2) is 0 Å². The fourth-order valence-electron chi connectivity index (χ4n) is 2.78. The lowest BCUT2D eigenvalue weighted by molar-refractivity contribution is 0.0566. The van der Waals surface area contributed by atoms with Gasteiger partial charge in [0.1, 0.15) is 0 Å². The van der Waals surface area contributed by atoms with E-state index in [1.165, 1.54) is 0 Å². The molecule has 0 spiro atoms. The van der Waals surface area contributed by atoms with Crippen molar-refractivity contribution >= 4 is 5.91 Å². The summed E-state index contributed by atoms with van der Waals surface area (Å²) in [5.41, 5.74) is 8.79. The summed E-state index contributed by atoms with van der Waals surface area (Å²) in [6, 6.07) is 6.39. The van der Waals surface area contributed by atoms with Crippen LogP contribution in [-0.4, -0.2) is 29.9 Å². The summed E-state index contributed by atoms with van der Waals surface area (Å²) in [4.78, 5) is 14.7. The van der Waals surface area contributed by atoms with Gasteiger partial charge >= 0.3 is 0 Å². The number of aryl methyl sites for hydroxylation is 2. The van der Waals surface area contributed by atoms with Gasteiger partial charge < -0.3 is 10.6 Å². The molecule has 0 aromatic heterocycles. The number of nitrogens with two attached hydrogens (primary N) is 1. The summed E-state index contributed by atoms with van der Waals surface area (Å²) < 4.78 is 0. The third-order valence-electron chi connectivity index (χ3n) is 4.20. The van der Waals surface area contributed by atoms with Crippen LogP contribution >= 0.6 is 0 Å². The summed E-state index contributed by atoms with van der Waals surface area (Å²) in [5, 5.41) is 0. The Labute approximate surface area is 115 Å². The van der Waals surface area contributed by atoms with Gasteiger partial charge in [0.2, 0.25) is 0 Å². The molecule has 0 aliphatic carbocycles. The van der Waals surface area contributed by atoms with Crippen molar-refractivity contribution in [2.45, 2.75) is 39.7 Å². The van der Waals surface area contributed by atoms with Crippen LogP contribution in [0.25, 0.3) is 0 Å². The van der Waals surface area contributed by atoms with Crippen molar-refractivity contribution < 1.29 is 4.79 Å². The number of nitrogens with zero attached hydrogens (tertiary/aromatic N) is 1. The van der Waals surface area contributed by atoms with Crippen molar-refractivity contribution in [1.29, 1.82) is 0 Å². The smallest absolute Gasteiger partial charge is 0.254 e. The van der Waals surface area contributed by atoms with Gasteiger partial charge in [0.05, 0.1) is 0 Å². The Kier molecular flexibility index (Phi) is 4.25. The molecule has 1 fully saturated rings. The molecule has 2 unspecified atom stereocenters. The summed E-state index contributed by atoms with van der Waals surface area (Å²) in [6.45, 7) is 7.63. The highest BCUT2D eigenvalue weighted by Crippen LogP contribution is 2.24. The molecule has 0 radical (unpaired) electrons. The van der Waals surface area contributed by atoms with Crippen molar-refractivity contribution in [1.82, 2.24) is 4.90 Å². The van der Waals surface area contributed by atoms with Crippen LogP contribution in [0.5, 0.6) is 0 Å². The molecule has 3 nitrogen and oxygen atoms in total. The molecular weight excluding hydrogens is 236 g/mol. The number of hydrogen-bond acceptors (Lipinski definition) is 2. The summed E-state index contributed by atoms with van der Waals surface area (Å²) >= 11 is 0. The van der Waals surface area contributed by atoms with Crippen LogP contribution in [-0.2, 0) is 0 Å². The molecule has 0 bridgehead atoms. The third kappa shape index (κ3) is 2.98. The van der Waals surface area contributed by atoms with Gasteiger partial charge in [-0.1, -0.05) is 17.7 Å². The van der Waals surface area contributed by atoms with E-state index < -0.39 is 0 Å². The van der Waals surface area contributed by atoms with Gasteiger partial charge in [-0.2, -0.15) is 0 Å². The number of piperidine rings is 1. The Bertz CT molecular complexity index is 470. The van der Waals surface area contributed by atoms with Gasteiger partial charge in [0, 0.05) is 18.2 Å². The number of hydrogen-bond donors (Lipinski definition) is 1. The Hall–Kier alpha value is -1.35. The molecule has 0 saturated carbocycles. The van der Waals surface area contributed by atoms with Crippen molar-refractivity contribution in [2.75, 3.05) is 13.1 Å². The molecule has 1 aliphatic rings. The molecule has 104 valence electrons. The topological polar surface area (TPSA) is 46.3 Å². The molecule has 1 amide bonds. The first kappa shape index (κ1) is 14.1. The lowest BCUT2D eigenvalue weighted by atomic mass is 9.92. The second-order valence-corrected chi connectivity index (χ2v) is 5.80. The van der Waals surface area contributed by atoms with Crippen LogP contribution in [0.4, 0.5) is 0 Å². The Morgan fingerprint density at radius 2 is 2.11 bits per heavy atom. The van der Waals surface area contributed by atoms with E-state index in [2.05, 4.69) is 13.0 Å². The van der Waals surface area contributed by atoms with E-state index in [0.29, 0.717) is 18.5 Å². The highest BCUT2D eigenvalue weighted by molar-refractivity contribution is 5.96. The average molecular weight is 260 g/mol. The number of amides is 1. The minimum atomic E-state index is 0.159. The van der Waals surface area contributed by atoms with E-state index in [0.717, 1.165) is 36.1 Å². The SMILES string of the molecule is Cc1ccc(C)c(C(=O)N2CC(CN)CCC2C)c1. The molecule has 3 heteroatoms. The second kappa shape index (κ2) is 5.74. The monoisotopic (exact) mass is 260 g/mol. The Balaban J connectivity index is 2.24. The van der Waals surface area contributed by atoms with Gasteiger partial charge in [-0.05, 0) is 57.7 Å². The maximum Gasteiger partial charge on any atom is 0.254 e. The van der Waals surface area contributed by atoms with Crippen LogP contribution in [0.1, 0.15) is 41.3 Å². The minimum Gasteiger partial charge on any atom is -0.336 e. The molecule has 1 aliphatic heterocycles. The van der Waals surface area contributed by atoms with Gasteiger partial charge in [-0.3, -0.25) is 4.79 Å². The summed E-state index contributed by atoms with van der Waals surface area (Å²) in [6.07, 6.45) is 2.19. The van der Waals surface area contributed by atoms with Crippen molar-refractivity contribution in [3.8, 4) is 0 Å². The van der Waals surface area contributed by atoms with E-state index in [4.69, 9.17) is 5.73 Å². The molecule has 2 N–H and O–H groups in total. The van der Waals surface area contributed by atoms with E-state index in [1.54, 1.807) is 0 Å². The first-order valence-corrected chi connectivity index (χ1v) is 7.11. The number of carbonyl (C=O) groups excluding carboxylic acids is 1. The predicted molar refractivity (Wildman–Crippen MR) is 78.2 cm³/mol. The van der Waals surface area contributed by atoms with Crippen LogP contribution in [0.2, 0.25) is 0 Å². The molecule has 1 aromatic carbocycles. The van der Waals surface area contributed by atoms with Crippen molar-refractivity contribution in [3.63, 3.8) is 0 Å². The largest absolute Gasteiger partial charge is 0.336 e. The molecule has 1 aromatic rings. The number of carbonyl (C=O) groups is 1. The van der Waals surface area contributed by atoms with Gasteiger partial charge in [-0.15, -0.1) is 0 Å². The second-order valence-electron chi connectivity index (χ2n) is 5.80. The van der Waals surface area contributed by atoms with E-state index >= 15 is 0 Å². The molecule has 19 heavy (non-hydrogen) atoms. The van der Waals surface area contributed by atoms with Gasteiger partial charge in [0.15, 0.2) is 0 Å². The molecule has 2 rings (SSSR count). The normalized spacial score (nSPS) is 23.5. The fraction of sp³-hybridized carbons (Fsp3) is 0.562. The van der Waals surface area contributed by atoms with Crippen LogP contribution < -0.4 is 5.73 Å². The lowest BCUT2D eigenvalue weighted by Crippen LogP contribution is -2.47. The molecule has 1 heterocycles. The predicted octanol–water partition coefficient (Wildman–Crippen LogP) is 2.50. The standard InChI is InChI=1S/C16H24N2O/c1-11-4-5-12(2)15(8-11)16(19)18-10-14(9-17)7-6-13(18)3/h4-5,8,13-14H,6-7,9-10,17H2,1-3H3.